The highest BCUT2D eigenvalue weighted by atomic mass is 32.1. The van der Waals surface area contributed by atoms with Gasteiger partial charge in [0.05, 0.1) is 18.0 Å². The zero-order valence-corrected chi connectivity index (χ0v) is 17.8. The number of ether oxygens (including phenoxy) is 1. The summed E-state index contributed by atoms with van der Waals surface area (Å²) in [4.78, 5) is 20.6. The molecule has 30 heavy (non-hydrogen) atoms. The number of carbonyl (C=O) groups excluding carboxylic acids is 1. The predicted molar refractivity (Wildman–Crippen MR) is 124 cm³/mol. The summed E-state index contributed by atoms with van der Waals surface area (Å²) in [6.45, 7) is 3.96. The van der Waals surface area contributed by atoms with E-state index in [1.54, 1.807) is 0 Å². The summed E-state index contributed by atoms with van der Waals surface area (Å²) < 4.78 is 6.49. The normalized spacial score (nSPS) is 15.0. The van der Waals surface area contributed by atoms with Crippen LogP contribution in [0.15, 0.2) is 60.7 Å². The smallest absolute Gasteiger partial charge is 0.309 e. The molecule has 0 saturated carbocycles. The second-order valence-electron chi connectivity index (χ2n) is 7.71. The molecule has 1 saturated heterocycles. The van der Waals surface area contributed by atoms with Crippen LogP contribution in [-0.2, 0) is 9.53 Å². The van der Waals surface area contributed by atoms with Gasteiger partial charge in [0.15, 0.2) is 0 Å². The summed E-state index contributed by atoms with van der Waals surface area (Å²) in [7, 11) is 0. The first-order valence-corrected chi connectivity index (χ1v) is 11.3. The van der Waals surface area contributed by atoms with E-state index >= 15 is 0 Å². The summed E-state index contributed by atoms with van der Waals surface area (Å²) in [5, 5.41) is 2.42. The van der Waals surface area contributed by atoms with Gasteiger partial charge in [0.1, 0.15) is 5.82 Å². The second-order valence-corrected chi connectivity index (χ2v) is 8.79. The fraction of sp³-hybridized carbons (Fsp3) is 0.280. The van der Waals surface area contributed by atoms with Crippen LogP contribution >= 0.6 is 11.3 Å². The minimum Gasteiger partial charge on any atom is -0.466 e. The van der Waals surface area contributed by atoms with Crippen LogP contribution < -0.4 is 4.90 Å². The number of anilines is 1. The van der Waals surface area contributed by atoms with E-state index in [4.69, 9.17) is 9.72 Å². The SMILES string of the molecule is CCOC(=O)C1CCN(c2ccc3cccc(-c4cc5ccccc5s4)c3n2)CC1. The minimum atomic E-state index is -0.0596. The van der Waals surface area contributed by atoms with Gasteiger partial charge < -0.3 is 9.64 Å². The molecule has 0 spiro atoms. The van der Waals surface area contributed by atoms with Crippen LogP contribution in [0.5, 0.6) is 0 Å². The number of piperidine rings is 1. The Hall–Kier alpha value is -2.92. The van der Waals surface area contributed by atoms with E-state index in [-0.39, 0.29) is 11.9 Å². The first kappa shape index (κ1) is 19.1. The maximum atomic E-state index is 12.0. The number of hydrogen-bond acceptors (Lipinski definition) is 5. The Morgan fingerprint density at radius 2 is 1.87 bits per heavy atom. The van der Waals surface area contributed by atoms with Crippen molar-refractivity contribution in [3.63, 3.8) is 0 Å². The largest absolute Gasteiger partial charge is 0.466 e. The molecule has 4 nitrogen and oxygen atoms in total. The molecule has 2 aromatic carbocycles. The molecule has 0 N–H and O–H groups in total. The molecule has 1 aliphatic rings. The van der Waals surface area contributed by atoms with Crippen molar-refractivity contribution in [1.29, 1.82) is 0 Å². The zero-order valence-electron chi connectivity index (χ0n) is 17.0. The average molecular weight is 417 g/mol. The van der Waals surface area contributed by atoms with Crippen molar-refractivity contribution < 1.29 is 9.53 Å². The van der Waals surface area contributed by atoms with Gasteiger partial charge in [0.25, 0.3) is 0 Å². The Morgan fingerprint density at radius 1 is 1.07 bits per heavy atom. The lowest BCUT2D eigenvalue weighted by molar-refractivity contribution is -0.148. The third-order valence-corrected chi connectivity index (χ3v) is 6.98. The molecule has 0 bridgehead atoms. The van der Waals surface area contributed by atoms with E-state index in [0.717, 1.165) is 42.7 Å². The van der Waals surface area contributed by atoms with Gasteiger partial charge in [-0.05, 0) is 49.4 Å². The summed E-state index contributed by atoms with van der Waals surface area (Å²) in [5.74, 6) is 0.935. The van der Waals surface area contributed by atoms with Gasteiger partial charge in [0.2, 0.25) is 0 Å². The summed E-state index contributed by atoms with van der Waals surface area (Å²) in [5.41, 5.74) is 2.21. The first-order chi connectivity index (χ1) is 14.7. The fourth-order valence-corrected chi connectivity index (χ4v) is 5.32. The number of aromatic nitrogens is 1. The molecule has 5 heteroatoms. The van der Waals surface area contributed by atoms with Crippen LogP contribution in [0.3, 0.4) is 0 Å². The monoisotopic (exact) mass is 416 g/mol. The van der Waals surface area contributed by atoms with Crippen molar-refractivity contribution in [2.24, 2.45) is 5.92 Å². The van der Waals surface area contributed by atoms with Gasteiger partial charge in [-0.2, -0.15) is 0 Å². The van der Waals surface area contributed by atoms with E-state index in [9.17, 15) is 4.79 Å². The van der Waals surface area contributed by atoms with Crippen LogP contribution in [-0.4, -0.2) is 30.6 Å². The number of thiophene rings is 1. The molecule has 0 atom stereocenters. The van der Waals surface area contributed by atoms with Gasteiger partial charge >= 0.3 is 5.97 Å². The standard InChI is InChI=1S/C25H24N2O2S/c1-2-29-25(28)18-12-14-27(15-13-18)23-11-10-17-7-5-8-20(24(17)26-23)22-16-19-6-3-4-9-21(19)30-22/h3-11,16,18H,2,12-15H2,1H3. The number of nitrogens with zero attached hydrogens (tertiary/aromatic N) is 2. The highest BCUT2D eigenvalue weighted by molar-refractivity contribution is 7.22. The molecule has 1 fully saturated rings. The van der Waals surface area contributed by atoms with Crippen molar-refractivity contribution in [2.45, 2.75) is 19.8 Å². The van der Waals surface area contributed by atoms with Crippen LogP contribution in [0.25, 0.3) is 31.4 Å². The molecule has 5 rings (SSSR count). The number of hydrogen-bond donors (Lipinski definition) is 0. The quantitative estimate of drug-likeness (QED) is 0.389. The number of carbonyl (C=O) groups is 1. The number of benzene rings is 2. The predicted octanol–water partition coefficient (Wildman–Crippen LogP) is 5.90. The number of esters is 1. The van der Waals surface area contributed by atoms with Gasteiger partial charge in [0, 0.05) is 33.6 Å². The molecule has 1 aliphatic heterocycles. The third kappa shape index (κ3) is 3.54. The molecule has 0 amide bonds. The molecular weight excluding hydrogens is 392 g/mol. The average Bonchev–Trinajstić information content (AvgIpc) is 3.23. The Bertz CT molecular complexity index is 1180. The zero-order chi connectivity index (χ0) is 20.5. The number of rotatable bonds is 4. The Labute approximate surface area is 180 Å². The number of para-hydroxylation sites is 1. The van der Waals surface area contributed by atoms with E-state index in [1.807, 2.05) is 18.3 Å². The van der Waals surface area contributed by atoms with Crippen LogP contribution in [0, 0.1) is 5.92 Å². The minimum absolute atomic E-state index is 0.00997. The maximum absolute atomic E-state index is 12.0. The summed E-state index contributed by atoms with van der Waals surface area (Å²) in [6.07, 6.45) is 1.63. The fourth-order valence-electron chi connectivity index (χ4n) is 4.23. The van der Waals surface area contributed by atoms with Gasteiger partial charge in [-0.15, -0.1) is 11.3 Å². The maximum Gasteiger partial charge on any atom is 0.309 e. The summed E-state index contributed by atoms with van der Waals surface area (Å²) >= 11 is 1.81. The van der Waals surface area contributed by atoms with Crippen molar-refractivity contribution in [3.05, 3.63) is 60.7 Å². The highest BCUT2D eigenvalue weighted by Crippen LogP contribution is 2.37. The number of pyridine rings is 1. The Morgan fingerprint density at radius 3 is 2.67 bits per heavy atom. The summed E-state index contributed by atoms with van der Waals surface area (Å²) in [6, 6.07) is 21.4. The van der Waals surface area contributed by atoms with Crippen molar-refractivity contribution in [1.82, 2.24) is 4.98 Å². The molecule has 0 aliphatic carbocycles. The van der Waals surface area contributed by atoms with E-state index in [0.29, 0.717) is 6.61 Å². The van der Waals surface area contributed by atoms with Gasteiger partial charge in [-0.25, -0.2) is 4.98 Å². The third-order valence-electron chi connectivity index (χ3n) is 5.84. The molecule has 3 heterocycles. The number of fused-ring (bicyclic) bond motifs is 2. The van der Waals surface area contributed by atoms with Gasteiger partial charge in [-0.3, -0.25) is 4.79 Å². The Kier molecular flexibility index (Phi) is 5.13. The molecule has 0 unspecified atom stereocenters. The highest BCUT2D eigenvalue weighted by Gasteiger charge is 2.26. The molecule has 2 aromatic heterocycles. The van der Waals surface area contributed by atoms with Crippen molar-refractivity contribution >= 4 is 44.1 Å². The Balaban J connectivity index is 1.46. The van der Waals surface area contributed by atoms with Crippen molar-refractivity contribution in [3.8, 4) is 10.4 Å². The molecule has 0 radical (unpaired) electrons. The van der Waals surface area contributed by atoms with Crippen LogP contribution in [0.4, 0.5) is 5.82 Å². The topological polar surface area (TPSA) is 42.4 Å². The lowest BCUT2D eigenvalue weighted by Gasteiger charge is -2.31. The molecule has 4 aromatic rings. The lowest BCUT2D eigenvalue weighted by Crippen LogP contribution is -2.37. The van der Waals surface area contributed by atoms with Crippen LogP contribution in [0.2, 0.25) is 0 Å². The second kappa shape index (κ2) is 8.07. The molecule has 152 valence electrons. The van der Waals surface area contributed by atoms with E-state index < -0.39 is 0 Å². The van der Waals surface area contributed by atoms with Crippen molar-refractivity contribution in [2.75, 3.05) is 24.6 Å². The lowest BCUT2D eigenvalue weighted by atomic mass is 9.97. The van der Waals surface area contributed by atoms with Gasteiger partial charge in [-0.1, -0.05) is 36.4 Å². The molecular formula is C25H24N2O2S. The first-order valence-electron chi connectivity index (χ1n) is 10.5. The van der Waals surface area contributed by atoms with E-state index in [2.05, 4.69) is 65.6 Å². The van der Waals surface area contributed by atoms with E-state index in [1.165, 1.54) is 20.5 Å². The van der Waals surface area contributed by atoms with Crippen LogP contribution in [0.1, 0.15) is 19.8 Å².